The van der Waals surface area contributed by atoms with Crippen molar-refractivity contribution < 1.29 is 14.6 Å². The second kappa shape index (κ2) is 6.03. The molecule has 1 atom stereocenters. The molecule has 2 N–H and O–H groups in total. The second-order valence-electron chi connectivity index (χ2n) is 3.12. The first-order valence-corrected chi connectivity index (χ1v) is 5.00. The first-order chi connectivity index (χ1) is 8.10. The van der Waals surface area contributed by atoms with Crippen LogP contribution in [0, 0.1) is 11.3 Å². The minimum absolute atomic E-state index is 0.0376. The lowest BCUT2D eigenvalue weighted by molar-refractivity contribution is -0.139. The Balaban J connectivity index is 2.94. The average Bonchev–Trinajstić information content (AvgIpc) is 2.30. The maximum Gasteiger partial charge on any atom is 0.328 e. The normalized spacial score (nSPS) is 11.6. The molecule has 0 radical (unpaired) electrons. The lowest BCUT2D eigenvalue weighted by atomic mass is 10.2. The Hall–Kier alpha value is -1.84. The second-order valence-corrected chi connectivity index (χ2v) is 3.50. The molecule has 0 aliphatic rings. The van der Waals surface area contributed by atoms with E-state index >= 15 is 0 Å². The topological polar surface area (TPSA) is 95.2 Å². The third-order valence-electron chi connectivity index (χ3n) is 1.95. The number of halogens is 1. The van der Waals surface area contributed by atoms with Crippen LogP contribution in [-0.2, 0) is 9.53 Å². The van der Waals surface area contributed by atoms with Crippen LogP contribution in [0.15, 0.2) is 12.3 Å². The molecular weight excluding hydrogens is 246 g/mol. The van der Waals surface area contributed by atoms with Crippen molar-refractivity contribution in [3.63, 3.8) is 0 Å². The van der Waals surface area contributed by atoms with Crippen LogP contribution in [0.3, 0.4) is 0 Å². The smallest absolute Gasteiger partial charge is 0.328 e. The number of pyridine rings is 1. The molecule has 1 unspecified atom stereocenters. The number of methoxy groups -OCH3 is 1. The molecule has 90 valence electrons. The van der Waals surface area contributed by atoms with Crippen molar-refractivity contribution in [1.82, 2.24) is 4.98 Å². The van der Waals surface area contributed by atoms with E-state index in [4.69, 9.17) is 26.7 Å². The summed E-state index contributed by atoms with van der Waals surface area (Å²) in [5, 5.41) is 20.4. The van der Waals surface area contributed by atoms with Gasteiger partial charge >= 0.3 is 5.97 Å². The van der Waals surface area contributed by atoms with Gasteiger partial charge in [-0.15, -0.1) is 0 Å². The molecule has 0 aromatic carbocycles. The van der Waals surface area contributed by atoms with Gasteiger partial charge in [0, 0.05) is 13.3 Å². The van der Waals surface area contributed by atoms with Gasteiger partial charge in [0.25, 0.3) is 0 Å². The van der Waals surface area contributed by atoms with E-state index in [0.717, 1.165) is 0 Å². The van der Waals surface area contributed by atoms with Crippen molar-refractivity contribution in [2.45, 2.75) is 6.04 Å². The number of carboxylic acid groups (broad SMARTS) is 1. The number of ether oxygens (including phenoxy) is 1. The zero-order chi connectivity index (χ0) is 12.8. The zero-order valence-corrected chi connectivity index (χ0v) is 9.73. The number of carbonyl (C=O) groups is 1. The number of nitriles is 1. The standard InChI is InChI=1S/C10H10ClN3O3/c1-17-5-7(10(15)16)14-9-8(11)6(4-12)2-3-13-9/h2-3,7H,5H2,1H3,(H,13,14)(H,15,16). The average molecular weight is 256 g/mol. The van der Waals surface area contributed by atoms with Gasteiger partial charge in [-0.2, -0.15) is 5.26 Å². The summed E-state index contributed by atoms with van der Waals surface area (Å²) in [6.07, 6.45) is 1.37. The van der Waals surface area contributed by atoms with Crippen LogP contribution in [0.4, 0.5) is 5.82 Å². The fourth-order valence-corrected chi connectivity index (χ4v) is 1.35. The van der Waals surface area contributed by atoms with Crippen LogP contribution in [0.5, 0.6) is 0 Å². The summed E-state index contributed by atoms with van der Waals surface area (Å²) in [7, 11) is 1.39. The summed E-state index contributed by atoms with van der Waals surface area (Å²) in [6.45, 7) is -0.0376. The number of carboxylic acids is 1. The van der Waals surface area contributed by atoms with Crippen molar-refractivity contribution in [1.29, 1.82) is 5.26 Å². The van der Waals surface area contributed by atoms with Crippen LogP contribution in [-0.4, -0.2) is 35.8 Å². The van der Waals surface area contributed by atoms with Crippen molar-refractivity contribution in [2.75, 3.05) is 19.0 Å². The van der Waals surface area contributed by atoms with E-state index in [1.54, 1.807) is 0 Å². The molecule has 0 bridgehead atoms. The molecule has 0 amide bonds. The summed E-state index contributed by atoms with van der Waals surface area (Å²) in [6, 6.07) is 2.35. The first-order valence-electron chi connectivity index (χ1n) is 4.63. The third kappa shape index (κ3) is 3.31. The van der Waals surface area contributed by atoms with Gasteiger partial charge < -0.3 is 15.2 Å². The molecule has 0 aliphatic heterocycles. The molecule has 0 saturated carbocycles. The van der Waals surface area contributed by atoms with E-state index in [2.05, 4.69) is 10.3 Å². The predicted octanol–water partition coefficient (Wildman–Crippen LogP) is 1.12. The summed E-state index contributed by atoms with van der Waals surface area (Å²) in [5.41, 5.74) is 0.228. The molecular formula is C10H10ClN3O3. The number of aromatic nitrogens is 1. The zero-order valence-electron chi connectivity index (χ0n) is 8.98. The minimum Gasteiger partial charge on any atom is -0.480 e. The molecule has 1 rings (SSSR count). The molecule has 0 saturated heterocycles. The Labute approximate surface area is 103 Å². The summed E-state index contributed by atoms with van der Waals surface area (Å²) in [4.78, 5) is 14.8. The van der Waals surface area contributed by atoms with Crippen molar-refractivity contribution in [2.24, 2.45) is 0 Å². The number of nitrogens with one attached hydrogen (secondary N) is 1. The van der Waals surface area contributed by atoms with Crippen LogP contribution in [0.25, 0.3) is 0 Å². The summed E-state index contributed by atoms with van der Waals surface area (Å²) >= 11 is 5.88. The van der Waals surface area contributed by atoms with Gasteiger partial charge in [-0.1, -0.05) is 11.6 Å². The quantitative estimate of drug-likeness (QED) is 0.819. The molecule has 17 heavy (non-hydrogen) atoms. The van der Waals surface area contributed by atoms with Gasteiger partial charge in [0.2, 0.25) is 0 Å². The third-order valence-corrected chi connectivity index (χ3v) is 2.33. The Morgan fingerprint density at radius 2 is 2.53 bits per heavy atom. The van der Waals surface area contributed by atoms with Gasteiger partial charge in [0.1, 0.15) is 23.0 Å². The van der Waals surface area contributed by atoms with E-state index in [-0.39, 0.29) is 23.0 Å². The number of aliphatic carboxylic acids is 1. The molecule has 0 fully saturated rings. The molecule has 1 aromatic heterocycles. The molecule has 0 spiro atoms. The predicted molar refractivity (Wildman–Crippen MR) is 60.9 cm³/mol. The monoisotopic (exact) mass is 255 g/mol. The molecule has 1 heterocycles. The van der Waals surface area contributed by atoms with Gasteiger partial charge in [0.15, 0.2) is 0 Å². The Morgan fingerprint density at radius 1 is 1.82 bits per heavy atom. The Bertz CT molecular complexity index is 459. The fourth-order valence-electron chi connectivity index (χ4n) is 1.14. The van der Waals surface area contributed by atoms with Crippen molar-refractivity contribution >= 4 is 23.4 Å². The Kier molecular flexibility index (Phi) is 4.69. The Morgan fingerprint density at radius 3 is 3.06 bits per heavy atom. The van der Waals surface area contributed by atoms with Crippen molar-refractivity contribution in [3.8, 4) is 6.07 Å². The number of hydrogen-bond donors (Lipinski definition) is 2. The van der Waals surface area contributed by atoms with Crippen molar-refractivity contribution in [3.05, 3.63) is 22.8 Å². The van der Waals surface area contributed by atoms with Gasteiger partial charge in [0.05, 0.1) is 12.2 Å². The summed E-state index contributed by atoms with van der Waals surface area (Å²) < 4.78 is 4.75. The van der Waals surface area contributed by atoms with E-state index in [1.807, 2.05) is 6.07 Å². The van der Waals surface area contributed by atoms with Gasteiger partial charge in [-0.3, -0.25) is 0 Å². The minimum atomic E-state index is -1.09. The van der Waals surface area contributed by atoms with Gasteiger partial charge in [-0.25, -0.2) is 9.78 Å². The number of nitrogens with zero attached hydrogens (tertiary/aromatic N) is 2. The number of hydrogen-bond acceptors (Lipinski definition) is 5. The highest BCUT2D eigenvalue weighted by molar-refractivity contribution is 6.34. The largest absolute Gasteiger partial charge is 0.480 e. The summed E-state index contributed by atoms with van der Waals surface area (Å²) in [5.74, 6) is -0.942. The lowest BCUT2D eigenvalue weighted by Crippen LogP contribution is -2.34. The maximum absolute atomic E-state index is 10.9. The molecule has 0 aliphatic carbocycles. The highest BCUT2D eigenvalue weighted by Gasteiger charge is 2.19. The lowest BCUT2D eigenvalue weighted by Gasteiger charge is -2.15. The number of anilines is 1. The molecule has 1 aromatic rings. The number of rotatable bonds is 5. The maximum atomic E-state index is 10.9. The highest BCUT2D eigenvalue weighted by atomic mass is 35.5. The first kappa shape index (κ1) is 13.2. The SMILES string of the molecule is COCC(Nc1nccc(C#N)c1Cl)C(=O)O. The van der Waals surface area contributed by atoms with Crippen LogP contribution >= 0.6 is 11.6 Å². The molecule has 7 heteroatoms. The van der Waals surface area contributed by atoms with Crippen LogP contribution in [0.1, 0.15) is 5.56 Å². The molecule has 6 nitrogen and oxygen atoms in total. The van der Waals surface area contributed by atoms with E-state index < -0.39 is 12.0 Å². The van der Waals surface area contributed by atoms with Gasteiger partial charge in [-0.05, 0) is 6.07 Å². The fraction of sp³-hybridized carbons (Fsp3) is 0.300. The van der Waals surface area contributed by atoms with Crippen LogP contribution < -0.4 is 5.32 Å². The van der Waals surface area contributed by atoms with E-state index in [9.17, 15) is 4.79 Å². The highest BCUT2D eigenvalue weighted by Crippen LogP contribution is 2.23. The van der Waals surface area contributed by atoms with E-state index in [0.29, 0.717) is 0 Å². The van der Waals surface area contributed by atoms with Crippen LogP contribution in [0.2, 0.25) is 5.02 Å². The van der Waals surface area contributed by atoms with E-state index in [1.165, 1.54) is 19.4 Å².